The van der Waals surface area contributed by atoms with Crippen LogP contribution in [-0.4, -0.2) is 37.9 Å². The Morgan fingerprint density at radius 1 is 1.04 bits per heavy atom. The van der Waals surface area contributed by atoms with Crippen molar-refractivity contribution in [3.8, 4) is 0 Å². The molecule has 2 aromatic rings. The van der Waals surface area contributed by atoms with E-state index in [1.807, 2.05) is 42.5 Å². The molecule has 1 aliphatic rings. The third-order valence-electron chi connectivity index (χ3n) is 4.22. The Kier molecular flexibility index (Phi) is 7.75. The molecular formula is C21H24N2O4S. The first-order valence-electron chi connectivity index (χ1n) is 9.28. The molecule has 1 fully saturated rings. The molecule has 0 spiro atoms. The SMILES string of the molecule is O=C(CNC(=O)OC1CCOCC1)Nc1ccc(SCc2ccccc2)cc1. The van der Waals surface area contributed by atoms with Crippen LogP contribution in [0, 0.1) is 0 Å². The molecule has 0 radical (unpaired) electrons. The van der Waals surface area contributed by atoms with E-state index in [1.165, 1.54) is 5.56 Å². The molecule has 0 aliphatic carbocycles. The van der Waals surface area contributed by atoms with Crippen molar-refractivity contribution in [3.63, 3.8) is 0 Å². The van der Waals surface area contributed by atoms with Crippen LogP contribution < -0.4 is 10.6 Å². The Morgan fingerprint density at radius 3 is 2.46 bits per heavy atom. The molecule has 148 valence electrons. The van der Waals surface area contributed by atoms with Crippen LogP contribution >= 0.6 is 11.8 Å². The fraction of sp³-hybridized carbons (Fsp3) is 0.333. The minimum Gasteiger partial charge on any atom is -0.446 e. The summed E-state index contributed by atoms with van der Waals surface area (Å²) in [6.07, 6.45) is 0.662. The van der Waals surface area contributed by atoms with Gasteiger partial charge in [-0.05, 0) is 29.8 Å². The Labute approximate surface area is 169 Å². The minimum atomic E-state index is -0.574. The van der Waals surface area contributed by atoms with Gasteiger partial charge < -0.3 is 20.1 Å². The number of thioether (sulfide) groups is 1. The first kappa shape index (κ1) is 20.2. The number of ether oxygens (including phenoxy) is 2. The zero-order valence-corrected chi connectivity index (χ0v) is 16.4. The zero-order chi connectivity index (χ0) is 19.6. The second kappa shape index (κ2) is 10.7. The second-order valence-electron chi connectivity index (χ2n) is 6.42. The molecule has 0 aromatic heterocycles. The lowest BCUT2D eigenvalue weighted by Gasteiger charge is -2.22. The summed E-state index contributed by atoms with van der Waals surface area (Å²) in [5.41, 5.74) is 1.96. The Hall–Kier alpha value is -2.51. The van der Waals surface area contributed by atoms with Crippen molar-refractivity contribution < 1.29 is 19.1 Å². The number of rotatable bonds is 7. The molecule has 2 amide bonds. The van der Waals surface area contributed by atoms with E-state index in [2.05, 4.69) is 22.8 Å². The van der Waals surface area contributed by atoms with Crippen LogP contribution in [0.15, 0.2) is 59.5 Å². The maximum atomic E-state index is 12.0. The van der Waals surface area contributed by atoms with E-state index in [1.54, 1.807) is 11.8 Å². The number of anilines is 1. The Balaban J connectivity index is 1.37. The van der Waals surface area contributed by atoms with Gasteiger partial charge in [0.25, 0.3) is 0 Å². The van der Waals surface area contributed by atoms with Gasteiger partial charge in [0, 0.05) is 29.2 Å². The van der Waals surface area contributed by atoms with Crippen molar-refractivity contribution in [1.82, 2.24) is 5.32 Å². The van der Waals surface area contributed by atoms with Gasteiger partial charge in [-0.2, -0.15) is 0 Å². The normalized spacial score (nSPS) is 14.3. The van der Waals surface area contributed by atoms with Crippen LogP contribution in [0.3, 0.4) is 0 Å². The van der Waals surface area contributed by atoms with Crippen LogP contribution in [-0.2, 0) is 20.0 Å². The van der Waals surface area contributed by atoms with Gasteiger partial charge in [0.05, 0.1) is 13.2 Å². The van der Waals surface area contributed by atoms with Gasteiger partial charge in [-0.25, -0.2) is 4.79 Å². The lowest BCUT2D eigenvalue weighted by atomic mass is 10.2. The predicted octanol–water partition coefficient (Wildman–Crippen LogP) is 3.82. The number of carbonyl (C=O) groups excluding carboxylic acids is 2. The minimum absolute atomic E-state index is 0.132. The summed E-state index contributed by atoms with van der Waals surface area (Å²) in [5.74, 6) is 0.597. The predicted molar refractivity (Wildman–Crippen MR) is 109 cm³/mol. The fourth-order valence-electron chi connectivity index (χ4n) is 2.72. The van der Waals surface area contributed by atoms with Crippen molar-refractivity contribution in [1.29, 1.82) is 0 Å². The largest absolute Gasteiger partial charge is 0.446 e. The van der Waals surface area contributed by atoms with Crippen LogP contribution in [0.2, 0.25) is 0 Å². The number of amides is 2. The van der Waals surface area contributed by atoms with E-state index in [0.717, 1.165) is 10.6 Å². The molecular weight excluding hydrogens is 376 g/mol. The van der Waals surface area contributed by atoms with Crippen LogP contribution in [0.5, 0.6) is 0 Å². The third kappa shape index (κ3) is 6.90. The number of hydrogen-bond acceptors (Lipinski definition) is 5. The number of nitrogens with one attached hydrogen (secondary N) is 2. The van der Waals surface area contributed by atoms with Crippen molar-refractivity contribution in [2.75, 3.05) is 25.1 Å². The summed E-state index contributed by atoms with van der Waals surface area (Å²) in [6, 6.07) is 17.9. The zero-order valence-electron chi connectivity index (χ0n) is 15.6. The van der Waals surface area contributed by atoms with E-state index in [4.69, 9.17) is 9.47 Å². The molecule has 6 nitrogen and oxygen atoms in total. The average molecular weight is 401 g/mol. The van der Waals surface area contributed by atoms with E-state index in [-0.39, 0.29) is 18.6 Å². The summed E-state index contributed by atoms with van der Waals surface area (Å²) in [4.78, 5) is 24.9. The van der Waals surface area contributed by atoms with E-state index in [0.29, 0.717) is 31.7 Å². The molecule has 0 saturated carbocycles. The molecule has 28 heavy (non-hydrogen) atoms. The number of benzene rings is 2. The molecule has 0 atom stereocenters. The summed E-state index contributed by atoms with van der Waals surface area (Å²) in [5, 5.41) is 5.25. The van der Waals surface area contributed by atoms with Gasteiger partial charge in [0.15, 0.2) is 0 Å². The monoisotopic (exact) mass is 400 g/mol. The van der Waals surface area contributed by atoms with Crippen molar-refractivity contribution in [2.24, 2.45) is 0 Å². The summed E-state index contributed by atoms with van der Waals surface area (Å²) in [7, 11) is 0. The molecule has 1 aliphatic heterocycles. The fourth-order valence-corrected chi connectivity index (χ4v) is 3.57. The average Bonchev–Trinajstić information content (AvgIpc) is 2.73. The topological polar surface area (TPSA) is 76.7 Å². The van der Waals surface area contributed by atoms with Gasteiger partial charge >= 0.3 is 6.09 Å². The van der Waals surface area contributed by atoms with Crippen molar-refractivity contribution >= 4 is 29.4 Å². The van der Waals surface area contributed by atoms with E-state index < -0.39 is 6.09 Å². The molecule has 2 N–H and O–H groups in total. The van der Waals surface area contributed by atoms with Gasteiger partial charge in [0.1, 0.15) is 12.6 Å². The van der Waals surface area contributed by atoms with Gasteiger partial charge in [-0.15, -0.1) is 11.8 Å². The highest BCUT2D eigenvalue weighted by atomic mass is 32.2. The standard InChI is InChI=1S/C21H24N2O4S/c24-20(14-22-21(25)27-18-10-12-26-13-11-18)23-17-6-8-19(9-7-17)28-15-16-4-2-1-3-5-16/h1-9,18H,10-15H2,(H,22,25)(H,23,24). The molecule has 2 aromatic carbocycles. The van der Waals surface area contributed by atoms with E-state index in [9.17, 15) is 9.59 Å². The molecule has 3 rings (SSSR count). The molecule has 1 saturated heterocycles. The Morgan fingerprint density at radius 2 is 1.75 bits per heavy atom. The molecule has 7 heteroatoms. The first-order valence-corrected chi connectivity index (χ1v) is 10.3. The maximum Gasteiger partial charge on any atom is 0.407 e. The summed E-state index contributed by atoms with van der Waals surface area (Å²) < 4.78 is 10.5. The molecule has 1 heterocycles. The van der Waals surface area contributed by atoms with Crippen LogP contribution in [0.25, 0.3) is 0 Å². The highest BCUT2D eigenvalue weighted by Crippen LogP contribution is 2.24. The highest BCUT2D eigenvalue weighted by Gasteiger charge is 2.18. The van der Waals surface area contributed by atoms with Gasteiger partial charge in [-0.1, -0.05) is 30.3 Å². The quantitative estimate of drug-likeness (QED) is 0.691. The van der Waals surface area contributed by atoms with Crippen LogP contribution in [0.4, 0.5) is 10.5 Å². The summed E-state index contributed by atoms with van der Waals surface area (Å²) >= 11 is 1.74. The number of alkyl carbamates (subject to hydrolysis) is 1. The second-order valence-corrected chi connectivity index (χ2v) is 7.47. The third-order valence-corrected chi connectivity index (χ3v) is 5.30. The maximum absolute atomic E-state index is 12.0. The highest BCUT2D eigenvalue weighted by molar-refractivity contribution is 7.98. The van der Waals surface area contributed by atoms with Gasteiger partial charge in [0.2, 0.25) is 5.91 Å². The molecule has 0 unspecified atom stereocenters. The number of hydrogen-bond donors (Lipinski definition) is 2. The number of carbonyl (C=O) groups is 2. The summed E-state index contributed by atoms with van der Waals surface area (Å²) in [6.45, 7) is 1.06. The van der Waals surface area contributed by atoms with Crippen molar-refractivity contribution in [3.05, 3.63) is 60.2 Å². The lowest BCUT2D eigenvalue weighted by molar-refractivity contribution is -0.115. The first-order chi connectivity index (χ1) is 13.7. The van der Waals surface area contributed by atoms with Gasteiger partial charge in [-0.3, -0.25) is 4.79 Å². The Bertz CT molecular complexity index is 762. The van der Waals surface area contributed by atoms with Crippen LogP contribution in [0.1, 0.15) is 18.4 Å². The smallest absolute Gasteiger partial charge is 0.407 e. The lowest BCUT2D eigenvalue weighted by Crippen LogP contribution is -2.36. The molecule has 0 bridgehead atoms. The van der Waals surface area contributed by atoms with E-state index >= 15 is 0 Å². The van der Waals surface area contributed by atoms with Crippen molar-refractivity contribution in [2.45, 2.75) is 29.6 Å².